The molecule has 3 amide bonds. The molecule has 0 unspecified atom stereocenters. The van der Waals surface area contributed by atoms with Gasteiger partial charge in [-0.2, -0.15) is 0 Å². The number of rotatable bonds is 4. The summed E-state index contributed by atoms with van der Waals surface area (Å²) in [4.78, 5) is 24.4. The largest absolute Gasteiger partial charge is 0.381 e. The second-order valence-electron chi connectivity index (χ2n) is 6.25. The van der Waals surface area contributed by atoms with Crippen molar-refractivity contribution in [3.63, 3.8) is 0 Å². The van der Waals surface area contributed by atoms with E-state index >= 15 is 0 Å². The Morgan fingerprint density at radius 3 is 1.85 bits per heavy atom. The van der Waals surface area contributed by atoms with Crippen LogP contribution in [0.15, 0.2) is 54.6 Å². The summed E-state index contributed by atoms with van der Waals surface area (Å²) in [6.45, 7) is 0.979. The quantitative estimate of drug-likeness (QED) is 0.643. The highest BCUT2D eigenvalue weighted by Gasteiger charge is 2.35. The van der Waals surface area contributed by atoms with E-state index in [1.165, 1.54) is 0 Å². The van der Waals surface area contributed by atoms with Crippen LogP contribution in [0.1, 0.15) is 12.8 Å². The van der Waals surface area contributed by atoms with Crippen molar-refractivity contribution < 1.29 is 14.3 Å². The van der Waals surface area contributed by atoms with Crippen LogP contribution in [-0.2, 0) is 9.53 Å². The van der Waals surface area contributed by atoms with Crippen molar-refractivity contribution in [3.05, 3.63) is 54.6 Å². The first-order chi connectivity index (χ1) is 12.5. The minimum atomic E-state index is -0.898. The average Bonchev–Trinajstić information content (AvgIpc) is 2.64. The van der Waals surface area contributed by atoms with Gasteiger partial charge in [-0.25, -0.2) is 4.79 Å². The second kappa shape index (κ2) is 9.36. The third-order valence-electron chi connectivity index (χ3n) is 4.27. The van der Waals surface area contributed by atoms with Crippen LogP contribution in [0.5, 0.6) is 0 Å². The predicted molar refractivity (Wildman–Crippen MR) is 108 cm³/mol. The number of carbonyl (C=O) groups excluding carboxylic acids is 2. The molecule has 2 aromatic carbocycles. The summed E-state index contributed by atoms with van der Waals surface area (Å²) in [5.74, 6) is -0.219. The molecule has 1 fully saturated rings. The summed E-state index contributed by atoms with van der Waals surface area (Å²) in [6, 6.07) is 15.7. The van der Waals surface area contributed by atoms with Gasteiger partial charge in [0.2, 0.25) is 5.91 Å². The standard InChI is InChI=1S/C19H22N4O3.ClH/c20-19(10-12-26-13-11-19)17(24)21-15-6-8-16(9-7-15)23-18(25)22-14-4-2-1-3-5-14;/h1-9H,10-13,20H2,(H,21,24)(H2,22,23,25);1H. The molecule has 1 aliphatic heterocycles. The fourth-order valence-corrected chi connectivity index (χ4v) is 2.67. The third kappa shape index (κ3) is 5.68. The summed E-state index contributed by atoms with van der Waals surface area (Å²) < 4.78 is 5.25. The van der Waals surface area contributed by atoms with E-state index in [0.717, 1.165) is 0 Å². The van der Waals surface area contributed by atoms with E-state index in [2.05, 4.69) is 16.0 Å². The first-order valence-electron chi connectivity index (χ1n) is 8.46. The average molecular weight is 391 g/mol. The number of ether oxygens (including phenoxy) is 1. The maximum absolute atomic E-state index is 12.4. The van der Waals surface area contributed by atoms with Gasteiger partial charge in [0.15, 0.2) is 0 Å². The summed E-state index contributed by atoms with van der Waals surface area (Å²) in [5, 5.41) is 8.30. The number of benzene rings is 2. The monoisotopic (exact) mass is 390 g/mol. The molecular weight excluding hydrogens is 368 g/mol. The van der Waals surface area contributed by atoms with Gasteiger partial charge in [-0.3, -0.25) is 4.79 Å². The zero-order chi connectivity index (χ0) is 18.4. The lowest BCUT2D eigenvalue weighted by Gasteiger charge is -2.31. The molecule has 0 saturated carbocycles. The van der Waals surface area contributed by atoms with Gasteiger partial charge in [-0.15, -0.1) is 12.4 Å². The van der Waals surface area contributed by atoms with Crippen LogP contribution in [0, 0.1) is 0 Å². The highest BCUT2D eigenvalue weighted by molar-refractivity contribution is 6.00. The second-order valence-corrected chi connectivity index (χ2v) is 6.25. The molecule has 3 rings (SSSR count). The number of halogens is 1. The molecule has 0 atom stereocenters. The lowest BCUT2D eigenvalue weighted by atomic mass is 9.90. The van der Waals surface area contributed by atoms with E-state index in [1.807, 2.05) is 18.2 Å². The number of urea groups is 1. The molecule has 1 aliphatic rings. The molecule has 7 nitrogen and oxygen atoms in total. The van der Waals surface area contributed by atoms with Crippen LogP contribution in [-0.4, -0.2) is 30.7 Å². The van der Waals surface area contributed by atoms with Crippen molar-refractivity contribution in [1.29, 1.82) is 0 Å². The number of para-hydroxylation sites is 1. The van der Waals surface area contributed by atoms with Crippen LogP contribution >= 0.6 is 12.4 Å². The molecule has 27 heavy (non-hydrogen) atoms. The maximum atomic E-state index is 12.4. The Kier molecular flexibility index (Phi) is 7.18. The van der Waals surface area contributed by atoms with Crippen molar-refractivity contribution >= 4 is 41.4 Å². The van der Waals surface area contributed by atoms with Gasteiger partial charge in [0.05, 0.1) is 0 Å². The molecule has 0 spiro atoms. The number of nitrogens with two attached hydrogens (primary N) is 1. The molecule has 0 aromatic heterocycles. The third-order valence-corrected chi connectivity index (χ3v) is 4.27. The topological polar surface area (TPSA) is 105 Å². The molecule has 8 heteroatoms. The molecule has 1 saturated heterocycles. The van der Waals surface area contributed by atoms with Gasteiger partial charge in [-0.1, -0.05) is 18.2 Å². The molecule has 0 bridgehead atoms. The Bertz CT molecular complexity index is 762. The SMILES string of the molecule is Cl.NC1(C(=O)Nc2ccc(NC(=O)Nc3ccccc3)cc2)CCOCC1. The van der Waals surface area contributed by atoms with Crippen LogP contribution in [0.4, 0.5) is 21.9 Å². The Morgan fingerprint density at radius 1 is 0.815 bits per heavy atom. The van der Waals surface area contributed by atoms with Gasteiger partial charge in [0, 0.05) is 30.3 Å². The summed E-state index contributed by atoms with van der Waals surface area (Å²) in [7, 11) is 0. The van der Waals surface area contributed by atoms with Crippen LogP contribution in [0.2, 0.25) is 0 Å². The van der Waals surface area contributed by atoms with E-state index in [9.17, 15) is 9.59 Å². The van der Waals surface area contributed by atoms with E-state index in [-0.39, 0.29) is 24.3 Å². The number of carbonyl (C=O) groups is 2. The number of hydrogen-bond acceptors (Lipinski definition) is 4. The van der Waals surface area contributed by atoms with Crippen LogP contribution in [0.3, 0.4) is 0 Å². The van der Waals surface area contributed by atoms with Gasteiger partial charge in [0.25, 0.3) is 0 Å². The molecule has 1 heterocycles. The summed E-state index contributed by atoms with van der Waals surface area (Å²) >= 11 is 0. The van der Waals surface area contributed by atoms with Crippen molar-refractivity contribution in [2.75, 3.05) is 29.2 Å². The zero-order valence-electron chi connectivity index (χ0n) is 14.7. The number of anilines is 3. The molecule has 0 radical (unpaired) electrons. The molecule has 0 aliphatic carbocycles. The van der Waals surface area contributed by atoms with E-state index in [1.54, 1.807) is 36.4 Å². The highest BCUT2D eigenvalue weighted by Crippen LogP contribution is 2.21. The van der Waals surface area contributed by atoms with E-state index in [0.29, 0.717) is 43.1 Å². The zero-order valence-corrected chi connectivity index (χ0v) is 15.6. The summed E-state index contributed by atoms with van der Waals surface area (Å²) in [5.41, 5.74) is 7.21. The van der Waals surface area contributed by atoms with Crippen molar-refractivity contribution in [2.24, 2.45) is 5.73 Å². The Balaban J connectivity index is 0.00000261. The van der Waals surface area contributed by atoms with Crippen LogP contribution < -0.4 is 21.7 Å². The fourth-order valence-electron chi connectivity index (χ4n) is 2.67. The lowest BCUT2D eigenvalue weighted by Crippen LogP contribution is -2.54. The van der Waals surface area contributed by atoms with Crippen molar-refractivity contribution in [2.45, 2.75) is 18.4 Å². The Labute approximate surface area is 164 Å². The van der Waals surface area contributed by atoms with Crippen LogP contribution in [0.25, 0.3) is 0 Å². The molecule has 144 valence electrons. The normalized spacial score (nSPS) is 15.1. The van der Waals surface area contributed by atoms with Gasteiger partial charge < -0.3 is 26.4 Å². The van der Waals surface area contributed by atoms with Gasteiger partial charge in [-0.05, 0) is 49.2 Å². The lowest BCUT2D eigenvalue weighted by molar-refractivity contribution is -0.124. The summed E-state index contributed by atoms with van der Waals surface area (Å²) in [6.07, 6.45) is 0.996. The smallest absolute Gasteiger partial charge is 0.323 e. The Morgan fingerprint density at radius 2 is 1.30 bits per heavy atom. The fraction of sp³-hybridized carbons (Fsp3) is 0.263. The minimum Gasteiger partial charge on any atom is -0.381 e. The maximum Gasteiger partial charge on any atom is 0.323 e. The van der Waals surface area contributed by atoms with Gasteiger partial charge in [0.1, 0.15) is 5.54 Å². The predicted octanol–water partition coefficient (Wildman–Crippen LogP) is 3.20. The van der Waals surface area contributed by atoms with Crippen molar-refractivity contribution in [3.8, 4) is 0 Å². The first-order valence-corrected chi connectivity index (χ1v) is 8.46. The highest BCUT2D eigenvalue weighted by atomic mass is 35.5. The number of nitrogens with one attached hydrogen (secondary N) is 3. The van der Waals surface area contributed by atoms with E-state index in [4.69, 9.17) is 10.5 Å². The Hall–Kier alpha value is -2.61. The number of hydrogen-bond donors (Lipinski definition) is 4. The van der Waals surface area contributed by atoms with Gasteiger partial charge >= 0.3 is 6.03 Å². The minimum absolute atomic E-state index is 0. The van der Waals surface area contributed by atoms with E-state index < -0.39 is 5.54 Å². The molecule has 2 aromatic rings. The van der Waals surface area contributed by atoms with Crippen molar-refractivity contribution in [1.82, 2.24) is 0 Å². The molecule has 5 N–H and O–H groups in total. The first kappa shape index (κ1) is 20.7. The number of amides is 3. The molecular formula is C19H23ClN4O3.